The number of carbonyl (C=O) groups excluding carboxylic acids is 1. The lowest BCUT2D eigenvalue weighted by atomic mass is 9.94. The molecule has 28 heavy (non-hydrogen) atoms. The number of fused-ring (bicyclic) bond motifs is 1. The number of pyridine rings is 3. The van der Waals surface area contributed by atoms with Crippen LogP contribution in [-0.2, 0) is 6.54 Å². The Balaban J connectivity index is 1.42. The lowest BCUT2D eigenvalue weighted by molar-refractivity contribution is 0.0966. The fraction of sp³-hybridized carbons (Fsp3) is 0.200. The van der Waals surface area contributed by atoms with Gasteiger partial charge in [0.15, 0.2) is 5.78 Å². The molecule has 0 amide bonds. The molecular formula is C20H18ClN5O2. The molecule has 142 valence electrons. The number of nitrogens with one attached hydrogen (secondary N) is 2. The van der Waals surface area contributed by atoms with Crippen LogP contribution in [0.2, 0.25) is 5.02 Å². The molecule has 0 radical (unpaired) electrons. The van der Waals surface area contributed by atoms with E-state index in [1.54, 1.807) is 50.0 Å². The second-order valence-corrected chi connectivity index (χ2v) is 6.82. The third-order valence-electron chi connectivity index (χ3n) is 4.58. The van der Waals surface area contributed by atoms with Gasteiger partial charge in [-0.2, -0.15) is 0 Å². The Bertz CT molecular complexity index is 992. The van der Waals surface area contributed by atoms with Crippen molar-refractivity contribution in [3.8, 4) is 5.88 Å². The highest BCUT2D eigenvalue weighted by Gasteiger charge is 2.30. The first-order chi connectivity index (χ1) is 13.6. The normalized spacial score (nSPS) is 14.9. The molecule has 0 aliphatic carbocycles. The Kier molecular flexibility index (Phi) is 5.08. The molecular weight excluding hydrogens is 378 g/mol. The largest absolute Gasteiger partial charge is 0.481 e. The van der Waals surface area contributed by atoms with Crippen molar-refractivity contribution in [1.82, 2.24) is 15.0 Å². The van der Waals surface area contributed by atoms with E-state index in [0.29, 0.717) is 41.2 Å². The molecule has 3 aromatic rings. The summed E-state index contributed by atoms with van der Waals surface area (Å²) in [6.45, 7) is 1.08. The summed E-state index contributed by atoms with van der Waals surface area (Å²) < 4.78 is 5.05. The predicted molar refractivity (Wildman–Crippen MR) is 107 cm³/mol. The fourth-order valence-corrected chi connectivity index (χ4v) is 3.25. The van der Waals surface area contributed by atoms with Crippen molar-refractivity contribution < 1.29 is 9.53 Å². The van der Waals surface area contributed by atoms with Crippen LogP contribution in [0.3, 0.4) is 0 Å². The van der Waals surface area contributed by atoms with Crippen LogP contribution in [0.1, 0.15) is 27.4 Å². The van der Waals surface area contributed by atoms with Gasteiger partial charge in [0.25, 0.3) is 0 Å². The minimum absolute atomic E-state index is 0.00581. The van der Waals surface area contributed by atoms with Crippen LogP contribution < -0.4 is 15.4 Å². The third-order valence-corrected chi connectivity index (χ3v) is 4.78. The van der Waals surface area contributed by atoms with Gasteiger partial charge in [-0.25, -0.2) is 15.0 Å². The van der Waals surface area contributed by atoms with E-state index >= 15 is 0 Å². The number of rotatable bonds is 6. The van der Waals surface area contributed by atoms with Gasteiger partial charge in [0.2, 0.25) is 5.88 Å². The number of carbonyl (C=O) groups is 1. The van der Waals surface area contributed by atoms with E-state index in [2.05, 4.69) is 25.6 Å². The summed E-state index contributed by atoms with van der Waals surface area (Å²) in [6.07, 6.45) is 4.90. The first-order valence-electron chi connectivity index (χ1n) is 8.76. The molecule has 0 fully saturated rings. The molecule has 7 nitrogen and oxygen atoms in total. The van der Waals surface area contributed by atoms with Crippen molar-refractivity contribution in [3.05, 3.63) is 70.6 Å². The molecule has 4 heterocycles. The molecule has 0 aromatic carbocycles. The van der Waals surface area contributed by atoms with Gasteiger partial charge in [-0.3, -0.25) is 4.79 Å². The van der Waals surface area contributed by atoms with E-state index in [-0.39, 0.29) is 11.7 Å². The zero-order valence-corrected chi connectivity index (χ0v) is 15.9. The molecule has 1 aliphatic rings. The van der Waals surface area contributed by atoms with Crippen LogP contribution >= 0.6 is 11.6 Å². The summed E-state index contributed by atoms with van der Waals surface area (Å²) >= 11 is 6.03. The third kappa shape index (κ3) is 3.75. The molecule has 0 saturated carbocycles. The fourth-order valence-electron chi connectivity index (χ4n) is 3.09. The maximum atomic E-state index is 12.9. The maximum Gasteiger partial charge on any atom is 0.212 e. The van der Waals surface area contributed by atoms with Gasteiger partial charge in [-0.15, -0.1) is 0 Å². The monoisotopic (exact) mass is 395 g/mol. The molecule has 1 aliphatic heterocycles. The van der Waals surface area contributed by atoms with Crippen molar-refractivity contribution in [2.24, 2.45) is 0 Å². The van der Waals surface area contributed by atoms with Crippen LogP contribution in [0, 0.1) is 0 Å². The molecule has 1 unspecified atom stereocenters. The van der Waals surface area contributed by atoms with E-state index < -0.39 is 0 Å². The number of methoxy groups -OCH3 is 1. The van der Waals surface area contributed by atoms with Gasteiger partial charge in [-0.1, -0.05) is 17.7 Å². The highest BCUT2D eigenvalue weighted by Crippen LogP contribution is 2.33. The van der Waals surface area contributed by atoms with E-state index in [4.69, 9.17) is 16.3 Å². The second-order valence-electron chi connectivity index (χ2n) is 6.38. The van der Waals surface area contributed by atoms with Gasteiger partial charge in [-0.05, 0) is 23.8 Å². The van der Waals surface area contributed by atoms with E-state index in [1.807, 2.05) is 6.07 Å². The molecule has 3 aromatic heterocycles. The summed E-state index contributed by atoms with van der Waals surface area (Å²) in [4.78, 5) is 25.6. The number of nitrogens with zero attached hydrogens (tertiary/aromatic N) is 3. The molecule has 8 heteroatoms. The lowest BCUT2D eigenvalue weighted by Gasteiger charge is -2.10. The number of hydrogen-bond acceptors (Lipinski definition) is 7. The quantitative estimate of drug-likeness (QED) is 0.617. The van der Waals surface area contributed by atoms with Gasteiger partial charge in [0.05, 0.1) is 18.1 Å². The van der Waals surface area contributed by atoms with Gasteiger partial charge in [0.1, 0.15) is 11.6 Å². The number of ketones is 1. The molecule has 4 rings (SSSR count). The Morgan fingerprint density at radius 2 is 2.11 bits per heavy atom. The Morgan fingerprint density at radius 3 is 2.82 bits per heavy atom. The van der Waals surface area contributed by atoms with Crippen LogP contribution in [-0.4, -0.2) is 34.4 Å². The van der Waals surface area contributed by atoms with Crippen molar-refractivity contribution >= 4 is 29.0 Å². The van der Waals surface area contributed by atoms with Crippen LogP contribution in [0.5, 0.6) is 5.88 Å². The Labute approximate surface area is 167 Å². The van der Waals surface area contributed by atoms with Gasteiger partial charge < -0.3 is 15.4 Å². The number of Topliss-reactive ketones (excluding diaryl/α,β-unsaturated/α-hetero) is 1. The average molecular weight is 396 g/mol. The average Bonchev–Trinajstić information content (AvgIpc) is 3.15. The molecule has 2 N–H and O–H groups in total. The minimum atomic E-state index is -0.313. The van der Waals surface area contributed by atoms with Crippen molar-refractivity contribution in [2.45, 2.75) is 12.5 Å². The number of hydrogen-bond donors (Lipinski definition) is 2. The van der Waals surface area contributed by atoms with Crippen molar-refractivity contribution in [2.75, 3.05) is 24.3 Å². The second kappa shape index (κ2) is 7.82. The molecule has 0 saturated heterocycles. The van der Waals surface area contributed by atoms with E-state index in [0.717, 1.165) is 11.1 Å². The van der Waals surface area contributed by atoms with Crippen LogP contribution in [0.15, 0.2) is 48.9 Å². The molecule has 0 bridgehead atoms. The number of ether oxygens (including phenoxy) is 1. The Hall–Kier alpha value is -3.19. The summed E-state index contributed by atoms with van der Waals surface area (Å²) in [7, 11) is 1.58. The van der Waals surface area contributed by atoms with Gasteiger partial charge in [0, 0.05) is 48.9 Å². The smallest absolute Gasteiger partial charge is 0.212 e. The number of anilines is 2. The van der Waals surface area contributed by atoms with Crippen LogP contribution in [0.25, 0.3) is 0 Å². The molecule has 0 spiro atoms. The van der Waals surface area contributed by atoms with Crippen LogP contribution in [0.4, 0.5) is 11.6 Å². The minimum Gasteiger partial charge on any atom is -0.481 e. The standard InChI is InChI=1S/C20H18ClN5O2/c1-28-18-5-2-12(8-24-18)7-22-17-4-3-13(9-23-17)19(27)16-11-26-20-15(16)6-14(21)10-25-20/h2-6,8-10,16H,7,11H2,1H3,(H,22,23)(H,25,26). The van der Waals surface area contributed by atoms with Crippen molar-refractivity contribution in [1.29, 1.82) is 0 Å². The first kappa shape index (κ1) is 18.2. The zero-order valence-electron chi connectivity index (χ0n) is 15.1. The summed E-state index contributed by atoms with van der Waals surface area (Å²) in [5, 5.41) is 6.88. The molecule has 1 atom stereocenters. The number of aromatic nitrogens is 3. The summed E-state index contributed by atoms with van der Waals surface area (Å²) in [6, 6.07) is 9.10. The topological polar surface area (TPSA) is 89.0 Å². The predicted octanol–water partition coefficient (Wildman–Crippen LogP) is 3.54. The van der Waals surface area contributed by atoms with Crippen molar-refractivity contribution in [3.63, 3.8) is 0 Å². The SMILES string of the molecule is COc1ccc(CNc2ccc(C(=O)C3CNc4ncc(Cl)cc43)cn2)cn1. The summed E-state index contributed by atoms with van der Waals surface area (Å²) in [5.41, 5.74) is 2.38. The first-order valence-corrected chi connectivity index (χ1v) is 9.14. The number of halogens is 1. The lowest BCUT2D eigenvalue weighted by Crippen LogP contribution is -2.15. The zero-order chi connectivity index (χ0) is 19.5. The Morgan fingerprint density at radius 1 is 1.21 bits per heavy atom. The summed E-state index contributed by atoms with van der Waals surface area (Å²) in [5.74, 6) is 1.65. The maximum absolute atomic E-state index is 12.9. The highest BCUT2D eigenvalue weighted by atomic mass is 35.5. The van der Waals surface area contributed by atoms with Gasteiger partial charge >= 0.3 is 0 Å². The highest BCUT2D eigenvalue weighted by molar-refractivity contribution is 6.30. The van der Waals surface area contributed by atoms with E-state index in [9.17, 15) is 4.79 Å². The van der Waals surface area contributed by atoms with E-state index in [1.165, 1.54) is 0 Å².